The number of urea groups is 1. The highest BCUT2D eigenvalue weighted by atomic mass is 19.1. The molecule has 0 bridgehead atoms. The van der Waals surface area contributed by atoms with Crippen molar-refractivity contribution >= 4 is 17.0 Å². The maximum absolute atomic E-state index is 13.3. The van der Waals surface area contributed by atoms with Gasteiger partial charge in [0.15, 0.2) is 0 Å². The average molecular weight is 306 g/mol. The van der Waals surface area contributed by atoms with Crippen LogP contribution in [0.15, 0.2) is 22.6 Å². The fraction of sp³-hybridized carbons (Fsp3) is 0.438. The summed E-state index contributed by atoms with van der Waals surface area (Å²) in [7, 11) is 0. The number of amides is 2. The maximum atomic E-state index is 13.3. The van der Waals surface area contributed by atoms with Crippen molar-refractivity contribution in [2.75, 3.05) is 19.7 Å². The van der Waals surface area contributed by atoms with Gasteiger partial charge in [0, 0.05) is 36.6 Å². The second kappa shape index (κ2) is 5.96. The standard InChI is InChI=1S/C16H19FN2O3/c1-10-13-6-12(17)2-3-14(13)22-15(10)7-18-16(21)19-5-4-11(8-19)9-20/h2-3,6,11,20H,4-5,7-9H2,1H3,(H,18,21). The molecule has 1 unspecified atom stereocenters. The summed E-state index contributed by atoms with van der Waals surface area (Å²) >= 11 is 0. The number of rotatable bonds is 3. The number of carbonyl (C=O) groups is 1. The first-order valence-corrected chi connectivity index (χ1v) is 7.39. The van der Waals surface area contributed by atoms with Crippen molar-refractivity contribution in [3.05, 3.63) is 35.3 Å². The van der Waals surface area contributed by atoms with E-state index in [1.807, 2.05) is 6.92 Å². The number of likely N-dealkylation sites (tertiary alicyclic amines) is 1. The van der Waals surface area contributed by atoms with Crippen molar-refractivity contribution in [1.82, 2.24) is 10.2 Å². The second-order valence-corrected chi connectivity index (χ2v) is 5.73. The summed E-state index contributed by atoms with van der Waals surface area (Å²) in [5.41, 5.74) is 1.45. The quantitative estimate of drug-likeness (QED) is 0.915. The van der Waals surface area contributed by atoms with E-state index in [-0.39, 0.29) is 30.9 Å². The smallest absolute Gasteiger partial charge is 0.317 e. The number of fused-ring (bicyclic) bond motifs is 1. The second-order valence-electron chi connectivity index (χ2n) is 5.73. The van der Waals surface area contributed by atoms with Crippen molar-refractivity contribution in [2.24, 2.45) is 5.92 Å². The summed E-state index contributed by atoms with van der Waals surface area (Å²) < 4.78 is 18.9. The van der Waals surface area contributed by atoms with Crippen LogP contribution in [0.4, 0.5) is 9.18 Å². The number of nitrogens with one attached hydrogen (secondary N) is 1. The summed E-state index contributed by atoms with van der Waals surface area (Å²) in [4.78, 5) is 13.8. The molecule has 1 aromatic carbocycles. The minimum absolute atomic E-state index is 0.109. The highest BCUT2D eigenvalue weighted by Gasteiger charge is 2.25. The first-order valence-electron chi connectivity index (χ1n) is 7.39. The van der Waals surface area contributed by atoms with Gasteiger partial charge in [-0.2, -0.15) is 0 Å². The van der Waals surface area contributed by atoms with Crippen LogP contribution in [0.5, 0.6) is 0 Å². The Morgan fingerprint density at radius 3 is 3.09 bits per heavy atom. The molecule has 2 heterocycles. The Morgan fingerprint density at radius 1 is 1.55 bits per heavy atom. The van der Waals surface area contributed by atoms with Gasteiger partial charge in [0.25, 0.3) is 0 Å². The molecule has 1 aliphatic heterocycles. The van der Waals surface area contributed by atoms with Crippen LogP contribution in [0.25, 0.3) is 11.0 Å². The maximum Gasteiger partial charge on any atom is 0.317 e. The molecule has 0 spiro atoms. The molecular weight excluding hydrogens is 287 g/mol. The topological polar surface area (TPSA) is 65.7 Å². The number of benzene rings is 1. The monoisotopic (exact) mass is 306 g/mol. The van der Waals surface area contributed by atoms with Gasteiger partial charge in [-0.1, -0.05) is 0 Å². The van der Waals surface area contributed by atoms with E-state index in [0.717, 1.165) is 17.4 Å². The number of hydrogen-bond donors (Lipinski definition) is 2. The summed E-state index contributed by atoms with van der Waals surface area (Å²) in [6, 6.07) is 4.22. The van der Waals surface area contributed by atoms with Crippen LogP contribution < -0.4 is 5.32 Å². The molecule has 3 rings (SSSR count). The lowest BCUT2D eigenvalue weighted by atomic mass is 10.1. The van der Waals surface area contributed by atoms with Gasteiger partial charge in [-0.05, 0) is 31.5 Å². The Morgan fingerprint density at radius 2 is 2.36 bits per heavy atom. The zero-order valence-corrected chi connectivity index (χ0v) is 12.4. The van der Waals surface area contributed by atoms with Crippen LogP contribution >= 0.6 is 0 Å². The van der Waals surface area contributed by atoms with E-state index in [1.165, 1.54) is 12.1 Å². The zero-order valence-electron chi connectivity index (χ0n) is 12.4. The highest BCUT2D eigenvalue weighted by Crippen LogP contribution is 2.26. The van der Waals surface area contributed by atoms with E-state index >= 15 is 0 Å². The molecule has 1 atom stereocenters. The molecule has 0 aliphatic carbocycles. The molecule has 6 heteroatoms. The SMILES string of the molecule is Cc1c(CNC(=O)N2CCC(CO)C2)oc2ccc(F)cc12. The predicted octanol–water partition coefficient (Wildman–Crippen LogP) is 2.40. The fourth-order valence-corrected chi connectivity index (χ4v) is 2.85. The fourth-order valence-electron chi connectivity index (χ4n) is 2.85. The normalized spacial score (nSPS) is 18.1. The van der Waals surface area contributed by atoms with E-state index in [1.54, 1.807) is 11.0 Å². The summed E-state index contributed by atoms with van der Waals surface area (Å²) in [5, 5.41) is 12.7. The zero-order chi connectivity index (χ0) is 15.7. The van der Waals surface area contributed by atoms with E-state index < -0.39 is 0 Å². The molecule has 118 valence electrons. The number of aryl methyl sites for hydroxylation is 1. The van der Waals surface area contributed by atoms with Crippen molar-refractivity contribution in [3.8, 4) is 0 Å². The molecule has 1 fully saturated rings. The Balaban J connectivity index is 1.66. The predicted molar refractivity (Wildman–Crippen MR) is 79.9 cm³/mol. The summed E-state index contributed by atoms with van der Waals surface area (Å²) in [5.74, 6) is 0.493. The Kier molecular flexibility index (Phi) is 4.02. The number of hydrogen-bond acceptors (Lipinski definition) is 3. The molecule has 22 heavy (non-hydrogen) atoms. The molecule has 0 saturated carbocycles. The van der Waals surface area contributed by atoms with E-state index in [9.17, 15) is 9.18 Å². The van der Waals surface area contributed by atoms with Gasteiger partial charge >= 0.3 is 6.03 Å². The molecule has 1 saturated heterocycles. The third kappa shape index (κ3) is 2.78. The number of aliphatic hydroxyl groups excluding tert-OH is 1. The van der Waals surface area contributed by atoms with Crippen LogP contribution in [-0.2, 0) is 6.54 Å². The first-order chi connectivity index (χ1) is 10.6. The van der Waals surface area contributed by atoms with E-state index in [4.69, 9.17) is 9.52 Å². The van der Waals surface area contributed by atoms with Crippen LogP contribution in [0.3, 0.4) is 0 Å². The summed E-state index contributed by atoms with van der Waals surface area (Å²) in [6.07, 6.45) is 0.826. The van der Waals surface area contributed by atoms with Gasteiger partial charge in [0.1, 0.15) is 17.2 Å². The van der Waals surface area contributed by atoms with E-state index in [0.29, 0.717) is 24.4 Å². The molecule has 0 radical (unpaired) electrons. The molecule has 2 amide bonds. The lowest BCUT2D eigenvalue weighted by molar-refractivity contribution is 0.197. The van der Waals surface area contributed by atoms with E-state index in [2.05, 4.69) is 5.32 Å². The largest absolute Gasteiger partial charge is 0.459 e. The molecular formula is C16H19FN2O3. The van der Waals surface area contributed by atoms with Crippen molar-refractivity contribution in [1.29, 1.82) is 0 Å². The van der Waals surface area contributed by atoms with Crippen LogP contribution in [0.1, 0.15) is 17.7 Å². The van der Waals surface area contributed by atoms with Gasteiger partial charge in [-0.15, -0.1) is 0 Å². The van der Waals surface area contributed by atoms with Gasteiger partial charge in [-0.25, -0.2) is 9.18 Å². The van der Waals surface area contributed by atoms with Crippen molar-refractivity contribution in [3.63, 3.8) is 0 Å². The van der Waals surface area contributed by atoms with Gasteiger partial charge in [0.2, 0.25) is 0 Å². The first kappa shape index (κ1) is 14.8. The van der Waals surface area contributed by atoms with Gasteiger partial charge in [-0.3, -0.25) is 0 Å². The van der Waals surface area contributed by atoms with Crippen molar-refractivity contribution in [2.45, 2.75) is 19.9 Å². The number of aliphatic hydroxyl groups is 1. The minimum Gasteiger partial charge on any atom is -0.459 e. The van der Waals surface area contributed by atoms with Gasteiger partial charge < -0.3 is 19.7 Å². The molecule has 1 aromatic heterocycles. The number of nitrogens with zero attached hydrogens (tertiary/aromatic N) is 1. The minimum atomic E-state index is -0.306. The lowest BCUT2D eigenvalue weighted by Crippen LogP contribution is -2.38. The third-order valence-electron chi connectivity index (χ3n) is 4.23. The number of carbonyl (C=O) groups excluding carboxylic acids is 1. The summed E-state index contributed by atoms with van der Waals surface area (Å²) in [6.45, 7) is 3.46. The molecule has 5 nitrogen and oxygen atoms in total. The Labute approximate surface area is 127 Å². The number of halogens is 1. The van der Waals surface area contributed by atoms with Crippen molar-refractivity contribution < 1.29 is 18.7 Å². The van der Waals surface area contributed by atoms with Crippen LogP contribution in [0, 0.1) is 18.7 Å². The lowest BCUT2D eigenvalue weighted by Gasteiger charge is -2.16. The highest BCUT2D eigenvalue weighted by molar-refractivity contribution is 5.82. The van der Waals surface area contributed by atoms with Crippen LogP contribution in [-0.4, -0.2) is 35.7 Å². The molecule has 2 aromatic rings. The molecule has 1 aliphatic rings. The third-order valence-corrected chi connectivity index (χ3v) is 4.23. The number of furan rings is 1. The van der Waals surface area contributed by atoms with Crippen LogP contribution in [0.2, 0.25) is 0 Å². The van der Waals surface area contributed by atoms with Gasteiger partial charge in [0.05, 0.1) is 6.54 Å². The Hall–Kier alpha value is -2.08. The average Bonchev–Trinajstić information content (AvgIpc) is 3.11. The Bertz CT molecular complexity index is 698. The molecule has 2 N–H and O–H groups in total.